The zero-order valence-electron chi connectivity index (χ0n) is 14.9. The van der Waals surface area contributed by atoms with E-state index < -0.39 is 0 Å². The molecular formula is C19H35NO. The van der Waals surface area contributed by atoms with Crippen molar-refractivity contribution in [2.24, 2.45) is 0 Å². The van der Waals surface area contributed by atoms with Crippen LogP contribution in [0, 0.1) is 13.8 Å². The van der Waals surface area contributed by atoms with E-state index in [2.05, 4.69) is 39.8 Å². The Balaban J connectivity index is 2.73. The van der Waals surface area contributed by atoms with Gasteiger partial charge in [0, 0.05) is 5.56 Å². The summed E-state index contributed by atoms with van der Waals surface area (Å²) in [7, 11) is 0. The van der Waals surface area contributed by atoms with Crippen molar-refractivity contribution in [1.29, 1.82) is 0 Å². The van der Waals surface area contributed by atoms with Crippen molar-refractivity contribution in [2.75, 3.05) is 0 Å². The highest BCUT2D eigenvalue weighted by molar-refractivity contribution is 5.30. The summed E-state index contributed by atoms with van der Waals surface area (Å²) in [5.41, 5.74) is 2.73. The molecule has 0 amide bonds. The Morgan fingerprint density at radius 1 is 0.857 bits per heavy atom. The van der Waals surface area contributed by atoms with E-state index in [-0.39, 0.29) is 5.41 Å². The SMILES string of the molecule is CCCCCCC(C)(CCCCCC)c1c(C)noc1C. The maximum absolute atomic E-state index is 5.45. The topological polar surface area (TPSA) is 26.0 Å². The van der Waals surface area contributed by atoms with Crippen LogP contribution in [0.5, 0.6) is 0 Å². The zero-order chi connectivity index (χ0) is 15.7. The molecule has 0 bridgehead atoms. The van der Waals surface area contributed by atoms with Gasteiger partial charge in [0.25, 0.3) is 0 Å². The molecule has 0 radical (unpaired) electrons. The molecule has 21 heavy (non-hydrogen) atoms. The van der Waals surface area contributed by atoms with Crippen molar-refractivity contribution in [3.05, 3.63) is 17.0 Å². The largest absolute Gasteiger partial charge is 0.361 e. The van der Waals surface area contributed by atoms with Crippen LogP contribution in [0.25, 0.3) is 0 Å². The number of aromatic nitrogens is 1. The molecule has 1 aromatic heterocycles. The third kappa shape index (κ3) is 5.48. The number of hydrogen-bond donors (Lipinski definition) is 0. The fourth-order valence-corrected chi connectivity index (χ4v) is 3.60. The summed E-state index contributed by atoms with van der Waals surface area (Å²) in [5, 5.41) is 4.20. The van der Waals surface area contributed by atoms with Crippen LogP contribution in [0.4, 0.5) is 0 Å². The lowest BCUT2D eigenvalue weighted by atomic mass is 9.73. The molecule has 122 valence electrons. The molecule has 1 rings (SSSR count). The first kappa shape index (κ1) is 18.3. The minimum absolute atomic E-state index is 0.246. The van der Waals surface area contributed by atoms with Gasteiger partial charge >= 0.3 is 0 Å². The molecule has 2 nitrogen and oxygen atoms in total. The molecule has 0 N–H and O–H groups in total. The summed E-state index contributed by atoms with van der Waals surface area (Å²) >= 11 is 0. The van der Waals surface area contributed by atoms with Gasteiger partial charge in [-0.15, -0.1) is 0 Å². The normalized spacial score (nSPS) is 12.0. The second-order valence-electron chi connectivity index (χ2n) is 6.88. The second kappa shape index (κ2) is 9.27. The summed E-state index contributed by atoms with van der Waals surface area (Å²) < 4.78 is 5.45. The predicted octanol–water partition coefficient (Wildman–Crippen LogP) is 6.49. The molecule has 0 aliphatic rings. The summed E-state index contributed by atoms with van der Waals surface area (Å²) in [5.74, 6) is 1.03. The number of aryl methyl sites for hydroxylation is 2. The van der Waals surface area contributed by atoms with E-state index in [0.717, 1.165) is 11.5 Å². The van der Waals surface area contributed by atoms with E-state index in [0.29, 0.717) is 0 Å². The molecule has 0 aliphatic carbocycles. The Morgan fingerprint density at radius 3 is 1.76 bits per heavy atom. The first-order valence-electron chi connectivity index (χ1n) is 8.98. The molecule has 0 saturated carbocycles. The van der Waals surface area contributed by atoms with Gasteiger partial charge in [-0.1, -0.05) is 77.3 Å². The van der Waals surface area contributed by atoms with Gasteiger partial charge in [0.15, 0.2) is 0 Å². The first-order valence-corrected chi connectivity index (χ1v) is 8.98. The highest BCUT2D eigenvalue weighted by atomic mass is 16.5. The monoisotopic (exact) mass is 293 g/mol. The quantitative estimate of drug-likeness (QED) is 0.436. The second-order valence-corrected chi connectivity index (χ2v) is 6.88. The van der Waals surface area contributed by atoms with Crippen LogP contribution in [-0.4, -0.2) is 5.16 Å². The van der Waals surface area contributed by atoms with Crippen molar-refractivity contribution < 1.29 is 4.52 Å². The predicted molar refractivity (Wildman–Crippen MR) is 90.8 cm³/mol. The van der Waals surface area contributed by atoms with Crippen LogP contribution in [0.2, 0.25) is 0 Å². The summed E-state index contributed by atoms with van der Waals surface area (Å²) in [6, 6.07) is 0. The van der Waals surface area contributed by atoms with Gasteiger partial charge in [0.2, 0.25) is 0 Å². The van der Waals surface area contributed by atoms with Crippen LogP contribution >= 0.6 is 0 Å². The minimum atomic E-state index is 0.246. The van der Waals surface area contributed by atoms with Crippen LogP contribution in [0.3, 0.4) is 0 Å². The molecule has 0 aromatic carbocycles. The summed E-state index contributed by atoms with van der Waals surface area (Å²) in [6.45, 7) is 11.2. The molecule has 0 saturated heterocycles. The van der Waals surface area contributed by atoms with Crippen molar-refractivity contribution >= 4 is 0 Å². The van der Waals surface area contributed by atoms with Crippen LogP contribution in [0.15, 0.2) is 4.52 Å². The highest BCUT2D eigenvalue weighted by Crippen LogP contribution is 2.38. The van der Waals surface area contributed by atoms with E-state index in [1.807, 2.05) is 0 Å². The highest BCUT2D eigenvalue weighted by Gasteiger charge is 2.31. The number of nitrogens with zero attached hydrogens (tertiary/aromatic N) is 1. The van der Waals surface area contributed by atoms with Crippen molar-refractivity contribution in [3.63, 3.8) is 0 Å². The third-order valence-electron chi connectivity index (χ3n) is 4.80. The van der Waals surface area contributed by atoms with Crippen LogP contribution in [-0.2, 0) is 5.41 Å². The molecular weight excluding hydrogens is 258 g/mol. The molecule has 0 aliphatic heterocycles. The summed E-state index contributed by atoms with van der Waals surface area (Å²) in [6.07, 6.45) is 13.2. The van der Waals surface area contributed by atoms with Gasteiger partial charge in [0.1, 0.15) is 5.76 Å². The van der Waals surface area contributed by atoms with Gasteiger partial charge in [-0.3, -0.25) is 0 Å². The number of unbranched alkanes of at least 4 members (excludes halogenated alkanes) is 6. The Morgan fingerprint density at radius 2 is 1.38 bits per heavy atom. The van der Waals surface area contributed by atoms with E-state index >= 15 is 0 Å². The first-order chi connectivity index (χ1) is 10.0. The lowest BCUT2D eigenvalue weighted by Crippen LogP contribution is -2.23. The Labute approximate surface area is 131 Å². The summed E-state index contributed by atoms with van der Waals surface area (Å²) in [4.78, 5) is 0. The van der Waals surface area contributed by atoms with Gasteiger partial charge < -0.3 is 4.52 Å². The maximum Gasteiger partial charge on any atom is 0.137 e. The standard InChI is InChI=1S/C19H35NO/c1-6-8-10-12-14-19(5,15-13-11-9-7-2)18-16(3)20-21-17(18)4/h6-15H2,1-5H3. The maximum atomic E-state index is 5.45. The van der Waals surface area contributed by atoms with E-state index in [9.17, 15) is 0 Å². The van der Waals surface area contributed by atoms with Gasteiger partial charge in [-0.05, 0) is 32.1 Å². The molecule has 1 aromatic rings. The molecule has 0 atom stereocenters. The molecule has 0 unspecified atom stereocenters. The van der Waals surface area contributed by atoms with Gasteiger partial charge in [-0.2, -0.15) is 0 Å². The minimum Gasteiger partial charge on any atom is -0.361 e. The van der Waals surface area contributed by atoms with Crippen LogP contribution in [0.1, 0.15) is 102 Å². The van der Waals surface area contributed by atoms with Crippen LogP contribution < -0.4 is 0 Å². The molecule has 0 fully saturated rings. The number of hydrogen-bond acceptors (Lipinski definition) is 2. The Hall–Kier alpha value is -0.790. The van der Waals surface area contributed by atoms with Gasteiger partial charge in [-0.25, -0.2) is 0 Å². The van der Waals surface area contributed by atoms with E-state index in [1.165, 1.54) is 69.8 Å². The average Bonchev–Trinajstić information content (AvgIpc) is 2.80. The fraction of sp³-hybridized carbons (Fsp3) is 0.842. The van der Waals surface area contributed by atoms with Crippen molar-refractivity contribution in [1.82, 2.24) is 5.16 Å². The van der Waals surface area contributed by atoms with E-state index in [4.69, 9.17) is 4.52 Å². The fourth-order valence-electron chi connectivity index (χ4n) is 3.60. The van der Waals surface area contributed by atoms with Gasteiger partial charge in [0.05, 0.1) is 5.69 Å². The Bertz CT molecular complexity index is 363. The molecule has 0 spiro atoms. The Kier molecular flexibility index (Phi) is 8.06. The molecule has 1 heterocycles. The number of rotatable bonds is 11. The molecule has 2 heteroatoms. The third-order valence-corrected chi connectivity index (χ3v) is 4.80. The van der Waals surface area contributed by atoms with Crippen molar-refractivity contribution in [3.8, 4) is 0 Å². The smallest absolute Gasteiger partial charge is 0.137 e. The van der Waals surface area contributed by atoms with E-state index in [1.54, 1.807) is 0 Å². The zero-order valence-corrected chi connectivity index (χ0v) is 14.9. The lowest BCUT2D eigenvalue weighted by molar-refractivity contribution is 0.350. The van der Waals surface area contributed by atoms with Crippen molar-refractivity contribution in [2.45, 2.75) is 104 Å². The average molecular weight is 293 g/mol. The lowest BCUT2D eigenvalue weighted by Gasteiger charge is -2.30.